The average molecular weight is 577 g/mol. The molecule has 1 aromatic heterocycles. The number of hydrogen-bond acceptors (Lipinski definition) is 6. The van der Waals surface area contributed by atoms with Gasteiger partial charge in [0.25, 0.3) is 0 Å². The fourth-order valence-corrected chi connectivity index (χ4v) is 4.58. The average Bonchev–Trinajstić information content (AvgIpc) is 3.55. The third-order valence-corrected chi connectivity index (χ3v) is 6.52. The molecule has 4 heterocycles. The molecule has 3 fully saturated rings. The van der Waals surface area contributed by atoms with Crippen LogP contribution in [0.1, 0.15) is 37.9 Å². The lowest BCUT2D eigenvalue weighted by atomic mass is 10.1. The van der Waals surface area contributed by atoms with Crippen LogP contribution in [-0.4, -0.2) is 100 Å². The number of aliphatic imine (C=N–C) groups is 1. The molecule has 3 saturated heterocycles. The molecule has 1 atom stereocenters. The van der Waals surface area contributed by atoms with E-state index in [1.165, 1.54) is 6.42 Å². The Morgan fingerprint density at radius 3 is 2.70 bits per heavy atom. The van der Waals surface area contributed by atoms with Crippen LogP contribution in [0, 0.1) is 0 Å². The normalized spacial score (nSPS) is 23.0. The Bertz CT molecular complexity index is 655. The summed E-state index contributed by atoms with van der Waals surface area (Å²) in [6.45, 7) is 10.1. The highest BCUT2D eigenvalue weighted by atomic mass is 127. The third-order valence-electron chi connectivity index (χ3n) is 6.52. The number of guanidine groups is 1. The molecule has 4 rings (SSSR count). The van der Waals surface area contributed by atoms with Crippen molar-refractivity contribution in [1.82, 2.24) is 15.1 Å². The van der Waals surface area contributed by atoms with Crippen molar-refractivity contribution in [2.45, 2.75) is 50.7 Å². The molecule has 33 heavy (non-hydrogen) atoms. The smallest absolute Gasteiger partial charge is 0.193 e. The fourth-order valence-electron chi connectivity index (χ4n) is 4.58. The molecule has 0 aromatic carbocycles. The highest BCUT2D eigenvalue weighted by Crippen LogP contribution is 2.18. The van der Waals surface area contributed by atoms with Crippen molar-refractivity contribution in [1.29, 1.82) is 0 Å². The summed E-state index contributed by atoms with van der Waals surface area (Å²) in [4.78, 5) is 9.83. The summed E-state index contributed by atoms with van der Waals surface area (Å²) in [5.74, 6) is 2.03. The van der Waals surface area contributed by atoms with Crippen LogP contribution < -0.4 is 5.32 Å². The second-order valence-corrected chi connectivity index (χ2v) is 8.92. The topological polar surface area (TPSA) is 71.7 Å². The largest absolute Gasteiger partial charge is 0.469 e. The number of nitrogens with one attached hydrogen (secondary N) is 1. The predicted octanol–water partition coefficient (Wildman–Crippen LogP) is 2.77. The van der Waals surface area contributed by atoms with Gasteiger partial charge < -0.3 is 28.8 Å². The van der Waals surface area contributed by atoms with E-state index in [1.807, 2.05) is 12.1 Å². The zero-order valence-corrected chi connectivity index (χ0v) is 22.1. The van der Waals surface area contributed by atoms with Crippen molar-refractivity contribution in [2.24, 2.45) is 4.99 Å². The van der Waals surface area contributed by atoms with Gasteiger partial charge in [-0.15, -0.1) is 24.0 Å². The molecule has 0 saturated carbocycles. The van der Waals surface area contributed by atoms with Gasteiger partial charge in [-0.1, -0.05) is 0 Å². The van der Waals surface area contributed by atoms with Gasteiger partial charge in [-0.3, -0.25) is 9.89 Å². The molecule has 0 spiro atoms. The molecule has 0 amide bonds. The first-order valence-electron chi connectivity index (χ1n) is 12.5. The summed E-state index contributed by atoms with van der Waals surface area (Å²) >= 11 is 0. The van der Waals surface area contributed by atoms with Gasteiger partial charge in [0.05, 0.1) is 38.3 Å². The fraction of sp³-hybridized carbons (Fsp3) is 0.792. The highest BCUT2D eigenvalue weighted by molar-refractivity contribution is 14.0. The molecular formula is C24H41IN4O4. The maximum Gasteiger partial charge on any atom is 0.193 e. The van der Waals surface area contributed by atoms with Crippen molar-refractivity contribution in [3.8, 4) is 0 Å². The number of piperidine rings is 1. The molecule has 0 bridgehead atoms. The molecule has 1 unspecified atom stereocenters. The highest BCUT2D eigenvalue weighted by Gasteiger charge is 2.24. The second kappa shape index (κ2) is 15.2. The zero-order chi connectivity index (χ0) is 21.8. The van der Waals surface area contributed by atoms with Crippen LogP contribution in [0.3, 0.4) is 0 Å². The molecule has 188 valence electrons. The molecule has 0 radical (unpaired) electrons. The van der Waals surface area contributed by atoms with Gasteiger partial charge in [0.1, 0.15) is 5.76 Å². The summed E-state index contributed by atoms with van der Waals surface area (Å²) in [6, 6.07) is 3.97. The third kappa shape index (κ3) is 9.35. The minimum Gasteiger partial charge on any atom is -0.469 e. The van der Waals surface area contributed by atoms with Crippen LogP contribution in [0.15, 0.2) is 27.8 Å². The second-order valence-electron chi connectivity index (χ2n) is 8.92. The van der Waals surface area contributed by atoms with Gasteiger partial charge in [0, 0.05) is 58.8 Å². The SMILES string of the molecule is I.c1coc(CCNC(=NCCCN2CCOCC2)N2CCC(OCC3CCCO3)CC2)c1. The number of furan rings is 1. The van der Waals surface area contributed by atoms with Crippen molar-refractivity contribution in [3.05, 3.63) is 24.2 Å². The number of halogens is 1. The van der Waals surface area contributed by atoms with E-state index in [0.717, 1.165) is 116 Å². The minimum absolute atomic E-state index is 0. The maximum absolute atomic E-state index is 6.15. The van der Waals surface area contributed by atoms with Crippen molar-refractivity contribution >= 4 is 29.9 Å². The van der Waals surface area contributed by atoms with Crippen LogP contribution in [0.2, 0.25) is 0 Å². The summed E-state index contributed by atoms with van der Waals surface area (Å²) < 4.78 is 22.8. The van der Waals surface area contributed by atoms with Gasteiger partial charge in [0.2, 0.25) is 0 Å². The summed E-state index contributed by atoms with van der Waals surface area (Å²) in [5.41, 5.74) is 0. The molecule has 9 heteroatoms. The summed E-state index contributed by atoms with van der Waals surface area (Å²) in [7, 11) is 0. The van der Waals surface area contributed by atoms with Crippen molar-refractivity contribution < 1.29 is 18.6 Å². The van der Waals surface area contributed by atoms with Crippen LogP contribution in [0.25, 0.3) is 0 Å². The molecule has 3 aliphatic rings. The Morgan fingerprint density at radius 1 is 1.12 bits per heavy atom. The van der Waals surface area contributed by atoms with E-state index in [9.17, 15) is 0 Å². The standard InChI is InChI=1S/C24H40N4O4.HI/c1-4-21(30-16-1)6-10-26-24(25-9-3-11-27-14-18-29-19-15-27)28-12-7-22(8-13-28)32-20-23-5-2-17-31-23;/h1,4,16,22-23H,2-3,5-15,17-20H2,(H,25,26);1H. The van der Waals surface area contributed by atoms with E-state index in [2.05, 4.69) is 15.1 Å². The predicted molar refractivity (Wildman–Crippen MR) is 140 cm³/mol. The Balaban J connectivity index is 0.00000306. The molecule has 1 aromatic rings. The first kappa shape index (κ1) is 26.7. The van der Waals surface area contributed by atoms with E-state index in [1.54, 1.807) is 6.26 Å². The number of morpholine rings is 1. The quantitative estimate of drug-likeness (QED) is 0.199. The van der Waals surface area contributed by atoms with E-state index in [-0.39, 0.29) is 24.0 Å². The monoisotopic (exact) mass is 576 g/mol. The van der Waals surface area contributed by atoms with Crippen LogP contribution in [0.4, 0.5) is 0 Å². The lowest BCUT2D eigenvalue weighted by Crippen LogP contribution is -2.47. The van der Waals surface area contributed by atoms with E-state index in [4.69, 9.17) is 23.6 Å². The van der Waals surface area contributed by atoms with Gasteiger partial charge in [0.15, 0.2) is 5.96 Å². The molecule has 1 N–H and O–H groups in total. The molecular weight excluding hydrogens is 535 g/mol. The van der Waals surface area contributed by atoms with Gasteiger partial charge >= 0.3 is 0 Å². The summed E-state index contributed by atoms with van der Waals surface area (Å²) in [5, 5.41) is 3.58. The van der Waals surface area contributed by atoms with Crippen LogP contribution in [-0.2, 0) is 20.6 Å². The van der Waals surface area contributed by atoms with E-state index in [0.29, 0.717) is 12.2 Å². The van der Waals surface area contributed by atoms with E-state index >= 15 is 0 Å². The van der Waals surface area contributed by atoms with Crippen molar-refractivity contribution in [3.63, 3.8) is 0 Å². The van der Waals surface area contributed by atoms with Crippen LogP contribution in [0.5, 0.6) is 0 Å². The number of hydrogen-bond donors (Lipinski definition) is 1. The Labute approximate surface area is 215 Å². The first-order valence-corrected chi connectivity index (χ1v) is 12.5. The number of nitrogens with zero attached hydrogens (tertiary/aromatic N) is 3. The lowest BCUT2D eigenvalue weighted by Gasteiger charge is -2.34. The Hall–Kier alpha value is -0.880. The summed E-state index contributed by atoms with van der Waals surface area (Å²) in [6.07, 6.45) is 8.70. The Morgan fingerprint density at radius 2 is 1.97 bits per heavy atom. The van der Waals surface area contributed by atoms with Gasteiger partial charge in [-0.25, -0.2) is 0 Å². The number of rotatable bonds is 10. The molecule has 8 nitrogen and oxygen atoms in total. The van der Waals surface area contributed by atoms with Gasteiger partial charge in [-0.2, -0.15) is 0 Å². The van der Waals surface area contributed by atoms with E-state index < -0.39 is 0 Å². The molecule has 0 aliphatic carbocycles. The number of ether oxygens (including phenoxy) is 3. The minimum atomic E-state index is 0. The number of likely N-dealkylation sites (tertiary alicyclic amines) is 1. The first-order chi connectivity index (χ1) is 15.9. The van der Waals surface area contributed by atoms with Crippen LogP contribution >= 0.6 is 24.0 Å². The van der Waals surface area contributed by atoms with Gasteiger partial charge in [-0.05, 0) is 44.2 Å². The Kier molecular flexibility index (Phi) is 12.3. The van der Waals surface area contributed by atoms with Crippen molar-refractivity contribution in [2.75, 3.05) is 72.2 Å². The lowest BCUT2D eigenvalue weighted by molar-refractivity contribution is -0.0367. The maximum atomic E-state index is 6.15. The molecule has 3 aliphatic heterocycles. The zero-order valence-electron chi connectivity index (χ0n) is 19.8.